The SMILES string of the molecule is COc1cccc(-n2nnc(C(=O)Nc3cccc(OCc4ccc(F)cc4)c3)c2C)c1. The number of halogens is 1. The van der Waals surface area contributed by atoms with Gasteiger partial charge in [-0.05, 0) is 48.9 Å². The Balaban J connectivity index is 1.45. The Labute approximate surface area is 184 Å². The van der Waals surface area contributed by atoms with Crippen LogP contribution in [0.4, 0.5) is 10.1 Å². The predicted octanol–water partition coefficient (Wildman–Crippen LogP) is 4.55. The largest absolute Gasteiger partial charge is 0.497 e. The minimum absolute atomic E-state index is 0.213. The lowest BCUT2D eigenvalue weighted by Gasteiger charge is -2.09. The van der Waals surface area contributed by atoms with Gasteiger partial charge in [-0.2, -0.15) is 0 Å². The second-order valence-electron chi connectivity index (χ2n) is 7.03. The molecule has 4 rings (SSSR count). The van der Waals surface area contributed by atoms with Gasteiger partial charge >= 0.3 is 0 Å². The molecule has 162 valence electrons. The molecular formula is C24H21FN4O3. The van der Waals surface area contributed by atoms with Crippen LogP contribution < -0.4 is 14.8 Å². The molecule has 0 saturated carbocycles. The zero-order valence-corrected chi connectivity index (χ0v) is 17.6. The topological polar surface area (TPSA) is 78.3 Å². The van der Waals surface area contributed by atoms with Gasteiger partial charge in [0, 0.05) is 17.8 Å². The summed E-state index contributed by atoms with van der Waals surface area (Å²) in [6.07, 6.45) is 0. The van der Waals surface area contributed by atoms with Crippen LogP contribution in [0, 0.1) is 12.7 Å². The summed E-state index contributed by atoms with van der Waals surface area (Å²) < 4.78 is 25.6. The van der Waals surface area contributed by atoms with E-state index in [1.807, 2.05) is 24.3 Å². The van der Waals surface area contributed by atoms with Crippen molar-refractivity contribution in [3.05, 3.63) is 95.6 Å². The van der Waals surface area contributed by atoms with E-state index in [0.29, 0.717) is 22.9 Å². The lowest BCUT2D eigenvalue weighted by Crippen LogP contribution is -2.14. The van der Waals surface area contributed by atoms with E-state index in [1.165, 1.54) is 12.1 Å². The fourth-order valence-corrected chi connectivity index (χ4v) is 3.13. The number of ether oxygens (including phenoxy) is 2. The predicted molar refractivity (Wildman–Crippen MR) is 118 cm³/mol. The molecule has 7 nitrogen and oxygen atoms in total. The van der Waals surface area contributed by atoms with E-state index < -0.39 is 0 Å². The molecule has 0 atom stereocenters. The maximum absolute atomic E-state index is 13.0. The average molecular weight is 432 g/mol. The number of carbonyl (C=O) groups excluding carboxylic acids is 1. The zero-order chi connectivity index (χ0) is 22.5. The highest BCUT2D eigenvalue weighted by molar-refractivity contribution is 6.03. The second-order valence-corrected chi connectivity index (χ2v) is 7.03. The molecule has 4 aromatic rings. The summed E-state index contributed by atoms with van der Waals surface area (Å²) in [5.74, 6) is 0.578. The first-order valence-electron chi connectivity index (χ1n) is 9.89. The van der Waals surface area contributed by atoms with Gasteiger partial charge in [0.1, 0.15) is 23.9 Å². The summed E-state index contributed by atoms with van der Waals surface area (Å²) in [5.41, 5.74) is 2.95. The van der Waals surface area contributed by atoms with Crippen molar-refractivity contribution in [1.82, 2.24) is 15.0 Å². The number of methoxy groups -OCH3 is 1. The molecule has 1 aromatic heterocycles. The van der Waals surface area contributed by atoms with Crippen molar-refractivity contribution in [2.45, 2.75) is 13.5 Å². The second kappa shape index (κ2) is 9.30. The number of rotatable bonds is 7. The monoisotopic (exact) mass is 432 g/mol. The minimum atomic E-state index is -0.382. The number of anilines is 1. The van der Waals surface area contributed by atoms with Gasteiger partial charge in [-0.3, -0.25) is 4.79 Å². The smallest absolute Gasteiger partial charge is 0.278 e. The average Bonchev–Trinajstić information content (AvgIpc) is 3.20. The van der Waals surface area contributed by atoms with E-state index in [1.54, 1.807) is 55.1 Å². The molecule has 32 heavy (non-hydrogen) atoms. The minimum Gasteiger partial charge on any atom is -0.497 e. The fourth-order valence-electron chi connectivity index (χ4n) is 3.13. The first-order valence-corrected chi connectivity index (χ1v) is 9.89. The molecular weight excluding hydrogens is 411 g/mol. The highest BCUT2D eigenvalue weighted by Gasteiger charge is 2.18. The Hall–Kier alpha value is -4.20. The summed E-state index contributed by atoms with van der Waals surface area (Å²) >= 11 is 0. The first kappa shape index (κ1) is 21.0. The van der Waals surface area contributed by atoms with Crippen LogP contribution >= 0.6 is 0 Å². The van der Waals surface area contributed by atoms with Crippen molar-refractivity contribution >= 4 is 11.6 Å². The van der Waals surface area contributed by atoms with Crippen LogP contribution in [-0.2, 0) is 6.61 Å². The van der Waals surface area contributed by atoms with E-state index in [2.05, 4.69) is 15.6 Å². The van der Waals surface area contributed by atoms with Crippen LogP contribution in [0.3, 0.4) is 0 Å². The lowest BCUT2D eigenvalue weighted by molar-refractivity contribution is 0.102. The number of nitrogens with zero attached hydrogens (tertiary/aromatic N) is 3. The number of aromatic nitrogens is 3. The maximum atomic E-state index is 13.0. The zero-order valence-electron chi connectivity index (χ0n) is 17.6. The molecule has 0 radical (unpaired) electrons. The van der Waals surface area contributed by atoms with Crippen molar-refractivity contribution in [2.75, 3.05) is 12.4 Å². The third-order valence-electron chi connectivity index (χ3n) is 4.82. The van der Waals surface area contributed by atoms with Gasteiger partial charge < -0.3 is 14.8 Å². The van der Waals surface area contributed by atoms with Crippen LogP contribution in [0.2, 0.25) is 0 Å². The number of carbonyl (C=O) groups is 1. The van der Waals surface area contributed by atoms with E-state index in [4.69, 9.17) is 9.47 Å². The molecule has 0 bridgehead atoms. The van der Waals surface area contributed by atoms with Crippen LogP contribution in [0.5, 0.6) is 11.5 Å². The van der Waals surface area contributed by atoms with Gasteiger partial charge in [-0.15, -0.1) is 5.10 Å². The quantitative estimate of drug-likeness (QED) is 0.463. The van der Waals surface area contributed by atoms with Crippen molar-refractivity contribution < 1.29 is 18.7 Å². The fraction of sp³-hybridized carbons (Fsp3) is 0.125. The molecule has 0 aliphatic carbocycles. The van der Waals surface area contributed by atoms with Gasteiger partial charge in [-0.25, -0.2) is 9.07 Å². The van der Waals surface area contributed by atoms with Crippen molar-refractivity contribution in [3.63, 3.8) is 0 Å². The standard InChI is InChI=1S/C24H21FN4O3/c1-16-23(27-28-29(16)20-6-4-7-21(14-20)31-2)24(30)26-19-5-3-8-22(13-19)32-15-17-9-11-18(25)12-10-17/h3-14H,15H2,1-2H3,(H,26,30). The van der Waals surface area contributed by atoms with Crippen LogP contribution in [0.15, 0.2) is 72.8 Å². The molecule has 0 aliphatic heterocycles. The number of amides is 1. The molecule has 1 heterocycles. The molecule has 8 heteroatoms. The molecule has 0 aliphatic rings. The van der Waals surface area contributed by atoms with Gasteiger partial charge in [0.2, 0.25) is 0 Å². The molecule has 0 fully saturated rings. The van der Waals surface area contributed by atoms with Gasteiger partial charge in [0.15, 0.2) is 5.69 Å². The molecule has 0 unspecified atom stereocenters. The third kappa shape index (κ3) is 4.75. The summed E-state index contributed by atoms with van der Waals surface area (Å²) in [7, 11) is 1.59. The number of hydrogen-bond acceptors (Lipinski definition) is 5. The Kier molecular flexibility index (Phi) is 6.12. The van der Waals surface area contributed by atoms with Crippen LogP contribution in [-0.4, -0.2) is 28.0 Å². The van der Waals surface area contributed by atoms with Crippen molar-refractivity contribution in [1.29, 1.82) is 0 Å². The molecule has 1 N–H and O–H groups in total. The third-order valence-corrected chi connectivity index (χ3v) is 4.82. The molecule has 0 saturated heterocycles. The summed E-state index contributed by atoms with van der Waals surface area (Å²) in [6, 6.07) is 20.4. The van der Waals surface area contributed by atoms with E-state index >= 15 is 0 Å². The Morgan fingerprint density at radius 1 is 1.03 bits per heavy atom. The van der Waals surface area contributed by atoms with Gasteiger partial charge in [-0.1, -0.05) is 29.5 Å². The molecule has 0 spiro atoms. The number of benzene rings is 3. The van der Waals surface area contributed by atoms with Crippen molar-refractivity contribution in [3.8, 4) is 17.2 Å². The highest BCUT2D eigenvalue weighted by Crippen LogP contribution is 2.21. The van der Waals surface area contributed by atoms with Crippen molar-refractivity contribution in [2.24, 2.45) is 0 Å². The first-order chi connectivity index (χ1) is 15.5. The Morgan fingerprint density at radius 3 is 2.56 bits per heavy atom. The normalized spacial score (nSPS) is 10.6. The Bertz CT molecular complexity index is 1240. The van der Waals surface area contributed by atoms with E-state index in [-0.39, 0.29) is 24.0 Å². The van der Waals surface area contributed by atoms with Crippen LogP contribution in [0.1, 0.15) is 21.7 Å². The lowest BCUT2D eigenvalue weighted by atomic mass is 10.2. The van der Waals surface area contributed by atoms with Gasteiger partial charge in [0.05, 0.1) is 18.5 Å². The Morgan fingerprint density at radius 2 is 1.78 bits per heavy atom. The van der Waals surface area contributed by atoms with Gasteiger partial charge in [0.25, 0.3) is 5.91 Å². The number of nitrogens with one attached hydrogen (secondary N) is 1. The summed E-state index contributed by atoms with van der Waals surface area (Å²) in [4.78, 5) is 12.8. The summed E-state index contributed by atoms with van der Waals surface area (Å²) in [5, 5.41) is 11.0. The van der Waals surface area contributed by atoms with E-state index in [0.717, 1.165) is 11.3 Å². The number of hydrogen-bond donors (Lipinski definition) is 1. The molecule has 1 amide bonds. The van der Waals surface area contributed by atoms with Crippen LogP contribution in [0.25, 0.3) is 5.69 Å². The maximum Gasteiger partial charge on any atom is 0.278 e. The van der Waals surface area contributed by atoms with E-state index in [9.17, 15) is 9.18 Å². The molecule has 3 aromatic carbocycles. The highest BCUT2D eigenvalue weighted by atomic mass is 19.1. The summed E-state index contributed by atoms with van der Waals surface area (Å²) in [6.45, 7) is 2.06.